The van der Waals surface area contributed by atoms with Crippen molar-refractivity contribution in [1.29, 1.82) is 0 Å². The summed E-state index contributed by atoms with van der Waals surface area (Å²) in [6.45, 7) is 4.41. The molecule has 1 saturated heterocycles. The summed E-state index contributed by atoms with van der Waals surface area (Å²) >= 11 is 5.20. The first-order valence-electron chi connectivity index (χ1n) is 7.65. The smallest absolute Gasteiger partial charge is 0.317 e. The fourth-order valence-electron chi connectivity index (χ4n) is 2.60. The van der Waals surface area contributed by atoms with E-state index in [0.717, 1.165) is 5.56 Å². The van der Waals surface area contributed by atoms with Crippen molar-refractivity contribution in [2.24, 2.45) is 5.92 Å². The summed E-state index contributed by atoms with van der Waals surface area (Å²) in [7, 11) is 4.66. The molecule has 136 valence electrons. The molecule has 1 aromatic carbocycles. The fraction of sp³-hybridized carbons (Fsp3) is 0.412. The van der Waals surface area contributed by atoms with Gasteiger partial charge in [-0.3, -0.25) is 4.79 Å². The molecule has 0 unspecified atom stereocenters. The van der Waals surface area contributed by atoms with Crippen LogP contribution < -0.4 is 20.1 Å². The minimum atomic E-state index is -0.651. The highest BCUT2D eigenvalue weighted by Crippen LogP contribution is 2.35. The predicted octanol–water partition coefficient (Wildman–Crippen LogP) is 1.54. The van der Waals surface area contributed by atoms with Gasteiger partial charge in [-0.1, -0.05) is 12.6 Å². The molecule has 0 bridgehead atoms. The van der Waals surface area contributed by atoms with Crippen molar-refractivity contribution in [3.8, 4) is 11.5 Å². The van der Waals surface area contributed by atoms with Crippen molar-refractivity contribution in [2.75, 3.05) is 34.5 Å². The van der Waals surface area contributed by atoms with Gasteiger partial charge in [0.25, 0.3) is 0 Å². The van der Waals surface area contributed by atoms with Gasteiger partial charge in [0.05, 0.1) is 26.9 Å². The topological polar surface area (TPSA) is 78.0 Å². The van der Waals surface area contributed by atoms with Gasteiger partial charge in [-0.15, -0.1) is 0 Å². The molecule has 0 radical (unpaired) electrons. The van der Waals surface area contributed by atoms with E-state index in [1.165, 1.54) is 0 Å². The Hall–Kier alpha value is -2.32. The van der Waals surface area contributed by atoms with E-state index in [0.29, 0.717) is 28.9 Å². The molecule has 8 heteroatoms. The van der Waals surface area contributed by atoms with Crippen LogP contribution in [0.5, 0.6) is 11.5 Å². The van der Waals surface area contributed by atoms with Crippen molar-refractivity contribution in [1.82, 2.24) is 10.6 Å². The van der Waals surface area contributed by atoms with E-state index >= 15 is 0 Å². The van der Waals surface area contributed by atoms with Crippen LogP contribution in [0.15, 0.2) is 30.5 Å². The van der Waals surface area contributed by atoms with E-state index in [9.17, 15) is 4.79 Å². The maximum atomic E-state index is 12.5. The summed E-state index contributed by atoms with van der Waals surface area (Å²) in [4.78, 5) is 12.5. The van der Waals surface area contributed by atoms with Gasteiger partial charge in [-0.2, -0.15) is 0 Å². The van der Waals surface area contributed by atoms with E-state index < -0.39 is 17.9 Å². The molecular formula is C17H22N2O5S. The van der Waals surface area contributed by atoms with Crippen molar-refractivity contribution >= 4 is 23.3 Å². The van der Waals surface area contributed by atoms with Crippen molar-refractivity contribution in [2.45, 2.75) is 6.04 Å². The molecule has 2 atom stereocenters. The van der Waals surface area contributed by atoms with Gasteiger partial charge in [0.15, 0.2) is 16.6 Å². The molecule has 2 N–H and O–H groups in total. The van der Waals surface area contributed by atoms with Crippen LogP contribution in [0.25, 0.3) is 0 Å². The summed E-state index contributed by atoms with van der Waals surface area (Å²) < 4.78 is 20.8. The highest BCUT2D eigenvalue weighted by molar-refractivity contribution is 7.80. The number of esters is 1. The zero-order valence-electron chi connectivity index (χ0n) is 14.5. The van der Waals surface area contributed by atoms with Crippen LogP contribution in [0.2, 0.25) is 0 Å². The van der Waals surface area contributed by atoms with E-state index in [1.54, 1.807) is 33.5 Å². The van der Waals surface area contributed by atoms with Crippen LogP contribution in [0.1, 0.15) is 11.6 Å². The average Bonchev–Trinajstić information content (AvgIpc) is 2.60. The lowest BCUT2D eigenvalue weighted by atomic mass is 9.89. The lowest BCUT2D eigenvalue weighted by Crippen LogP contribution is -2.51. The number of thiocarbonyl (C=S) groups is 1. The largest absolute Gasteiger partial charge is 0.493 e. The minimum Gasteiger partial charge on any atom is -0.493 e. The summed E-state index contributed by atoms with van der Waals surface area (Å²) in [5.41, 5.74) is 1.28. The Balaban J connectivity index is 2.31. The number of benzene rings is 1. The Morgan fingerprint density at radius 2 is 1.92 bits per heavy atom. The molecule has 0 amide bonds. The number of hydrogen-bond acceptors (Lipinski definition) is 6. The van der Waals surface area contributed by atoms with Gasteiger partial charge in [0, 0.05) is 12.8 Å². The Kier molecular flexibility index (Phi) is 6.60. The lowest BCUT2D eigenvalue weighted by molar-refractivity contribution is -0.149. The Labute approximate surface area is 152 Å². The number of ether oxygens (including phenoxy) is 4. The molecule has 1 heterocycles. The third-order valence-electron chi connectivity index (χ3n) is 3.82. The molecule has 1 aliphatic heterocycles. The van der Waals surface area contributed by atoms with E-state index in [2.05, 4.69) is 17.2 Å². The normalized spacial score (nSPS) is 19.6. The fourth-order valence-corrected chi connectivity index (χ4v) is 2.86. The number of rotatable bonds is 7. The van der Waals surface area contributed by atoms with E-state index in [1.807, 2.05) is 6.07 Å². The molecule has 1 aliphatic rings. The molecule has 0 saturated carbocycles. The molecule has 1 fully saturated rings. The Bertz CT molecular complexity index is 664. The van der Waals surface area contributed by atoms with Crippen molar-refractivity contribution < 1.29 is 23.7 Å². The lowest BCUT2D eigenvalue weighted by Gasteiger charge is -2.35. The second-order valence-corrected chi connectivity index (χ2v) is 5.76. The highest BCUT2D eigenvalue weighted by Gasteiger charge is 2.38. The molecule has 0 aliphatic carbocycles. The minimum absolute atomic E-state index is 0.169. The highest BCUT2D eigenvalue weighted by atomic mass is 32.1. The zero-order chi connectivity index (χ0) is 18.4. The second-order valence-electron chi connectivity index (χ2n) is 5.35. The first kappa shape index (κ1) is 19.0. The van der Waals surface area contributed by atoms with Gasteiger partial charge in [0.1, 0.15) is 12.5 Å². The summed E-state index contributed by atoms with van der Waals surface area (Å²) in [5.74, 6) is 0.0927. The van der Waals surface area contributed by atoms with Crippen LogP contribution in [0, 0.1) is 5.92 Å². The first-order valence-corrected chi connectivity index (χ1v) is 8.06. The van der Waals surface area contributed by atoms with Gasteiger partial charge in [-0.05, 0) is 29.9 Å². The van der Waals surface area contributed by atoms with Gasteiger partial charge in [0.2, 0.25) is 0 Å². The van der Waals surface area contributed by atoms with Gasteiger partial charge < -0.3 is 29.6 Å². The van der Waals surface area contributed by atoms with Gasteiger partial charge >= 0.3 is 5.97 Å². The third-order valence-corrected chi connectivity index (χ3v) is 4.04. The standard InChI is InChI=1S/C17H22N2O5S/c1-10-14(16(20)24-8-7-21-2)15(19-17(25)18-10)11-5-6-12(22-3)13(9-11)23-4/h5-6,9,14-15H,1,7-8H2,2-4H3,(H2,18,19,25)/t14-,15-/m0/s1. The number of nitrogens with one attached hydrogen (secondary N) is 2. The molecule has 0 spiro atoms. The first-order chi connectivity index (χ1) is 12.0. The Morgan fingerprint density at radius 1 is 1.20 bits per heavy atom. The van der Waals surface area contributed by atoms with Gasteiger partial charge in [-0.25, -0.2) is 0 Å². The van der Waals surface area contributed by atoms with Crippen LogP contribution in [0.4, 0.5) is 0 Å². The second kappa shape index (κ2) is 8.68. The number of hydrogen-bond donors (Lipinski definition) is 2. The molecule has 0 aromatic heterocycles. The van der Waals surface area contributed by atoms with Crippen LogP contribution in [0.3, 0.4) is 0 Å². The van der Waals surface area contributed by atoms with E-state index in [4.69, 9.17) is 31.2 Å². The van der Waals surface area contributed by atoms with Crippen molar-refractivity contribution in [3.05, 3.63) is 36.0 Å². The molecule has 2 rings (SSSR count). The summed E-state index contributed by atoms with van der Waals surface area (Å²) in [6.07, 6.45) is 0. The predicted molar refractivity (Wildman–Crippen MR) is 96.6 cm³/mol. The Morgan fingerprint density at radius 3 is 2.56 bits per heavy atom. The maximum Gasteiger partial charge on any atom is 0.317 e. The summed E-state index contributed by atoms with van der Waals surface area (Å²) in [5, 5.41) is 6.39. The molecular weight excluding hydrogens is 344 g/mol. The quantitative estimate of drug-likeness (QED) is 0.428. The molecule has 7 nitrogen and oxygen atoms in total. The average molecular weight is 366 g/mol. The molecule has 25 heavy (non-hydrogen) atoms. The zero-order valence-corrected chi connectivity index (χ0v) is 15.3. The van der Waals surface area contributed by atoms with Crippen molar-refractivity contribution in [3.63, 3.8) is 0 Å². The SMILES string of the molecule is C=C1NC(=S)N[C@@H](c2ccc(OC)c(OC)c2)[C@H]1C(=O)OCCOC. The maximum absolute atomic E-state index is 12.5. The van der Waals surface area contributed by atoms with Crippen LogP contribution in [-0.2, 0) is 14.3 Å². The summed E-state index contributed by atoms with van der Waals surface area (Å²) in [6, 6.07) is 4.98. The number of methoxy groups -OCH3 is 3. The third kappa shape index (κ3) is 4.40. The number of carbonyl (C=O) groups is 1. The monoisotopic (exact) mass is 366 g/mol. The van der Waals surface area contributed by atoms with E-state index in [-0.39, 0.29) is 6.61 Å². The molecule has 1 aromatic rings. The van der Waals surface area contributed by atoms with Crippen LogP contribution in [-0.4, -0.2) is 45.6 Å². The van der Waals surface area contributed by atoms with Crippen LogP contribution >= 0.6 is 12.2 Å². The number of carbonyl (C=O) groups excluding carboxylic acids is 1.